The molecular weight excluding hydrogens is 691 g/mol. The Kier molecular flexibility index (Phi) is 38.0. The van der Waals surface area contributed by atoms with E-state index in [0.29, 0.717) is 6.61 Å². The molecule has 53 heavy (non-hydrogen) atoms. The van der Waals surface area contributed by atoms with Crippen LogP contribution >= 0.6 is 7.82 Å². The number of hydrogen-bond acceptors (Lipinski definition) is 8. The van der Waals surface area contributed by atoms with Crippen molar-refractivity contribution in [1.82, 2.24) is 0 Å². The zero-order chi connectivity index (χ0) is 38.9. The lowest BCUT2D eigenvalue weighted by atomic mass is 10.0. The van der Waals surface area contributed by atoms with E-state index in [-0.39, 0.29) is 13.0 Å². The van der Waals surface area contributed by atoms with E-state index in [1.807, 2.05) is 0 Å². The zero-order valence-electron chi connectivity index (χ0n) is 33.2. The van der Waals surface area contributed by atoms with Crippen LogP contribution in [-0.4, -0.2) is 66.3 Å². The van der Waals surface area contributed by atoms with Crippen molar-refractivity contribution in [2.45, 2.75) is 161 Å². The third-order valence-electron chi connectivity index (χ3n) is 8.16. The number of aliphatic hydroxyl groups is 2. The molecule has 0 heterocycles. The van der Waals surface area contributed by atoms with Gasteiger partial charge in [-0.2, -0.15) is 0 Å². The SMILES string of the molecule is CC/C=C\C/C=C\C/C=C\C/C=C\C/C=C\C/C=C\CCCOCC(COP(=O)(O)OCC(O)CO)OC(=O)CCCCCCCCCCCCCC. The van der Waals surface area contributed by atoms with Gasteiger partial charge in [-0.3, -0.25) is 13.8 Å². The van der Waals surface area contributed by atoms with Crippen LogP contribution in [0.1, 0.15) is 149 Å². The number of unbranched alkanes of at least 4 members (excludes halogenated alkanes) is 12. The molecule has 0 bridgehead atoms. The Hall–Kier alpha value is -2.10. The number of carbonyl (C=O) groups is 1. The molecule has 0 aromatic rings. The summed E-state index contributed by atoms with van der Waals surface area (Å²) >= 11 is 0. The van der Waals surface area contributed by atoms with E-state index in [9.17, 15) is 19.4 Å². The molecule has 3 N–H and O–H groups in total. The summed E-state index contributed by atoms with van der Waals surface area (Å²) in [4.78, 5) is 22.5. The topological polar surface area (TPSA) is 132 Å². The van der Waals surface area contributed by atoms with E-state index >= 15 is 0 Å². The summed E-state index contributed by atoms with van der Waals surface area (Å²) in [6.07, 6.45) is 45.9. The van der Waals surface area contributed by atoms with Crippen molar-refractivity contribution in [1.29, 1.82) is 0 Å². The van der Waals surface area contributed by atoms with E-state index in [2.05, 4.69) is 86.8 Å². The number of ether oxygens (including phenoxy) is 2. The normalized spacial score (nSPS) is 14.9. The molecule has 306 valence electrons. The number of allylic oxidation sites excluding steroid dienone is 12. The Morgan fingerprint density at radius 3 is 1.55 bits per heavy atom. The highest BCUT2D eigenvalue weighted by atomic mass is 31.2. The Labute approximate surface area is 322 Å². The molecule has 0 aliphatic carbocycles. The van der Waals surface area contributed by atoms with Crippen molar-refractivity contribution in [3.63, 3.8) is 0 Å². The monoisotopic (exact) mass is 767 g/mol. The van der Waals surface area contributed by atoms with E-state index in [1.54, 1.807) is 0 Å². The van der Waals surface area contributed by atoms with E-state index in [4.69, 9.17) is 23.6 Å². The average molecular weight is 767 g/mol. The molecule has 0 amide bonds. The molecule has 0 saturated heterocycles. The van der Waals surface area contributed by atoms with E-state index < -0.39 is 45.8 Å². The molecule has 0 radical (unpaired) electrons. The van der Waals surface area contributed by atoms with Crippen molar-refractivity contribution in [2.75, 3.05) is 33.0 Å². The summed E-state index contributed by atoms with van der Waals surface area (Å²) in [5.74, 6) is -0.406. The maximum atomic E-state index is 12.6. The van der Waals surface area contributed by atoms with Crippen molar-refractivity contribution >= 4 is 13.8 Å². The summed E-state index contributed by atoms with van der Waals surface area (Å²) in [7, 11) is -4.53. The first kappa shape index (κ1) is 50.9. The van der Waals surface area contributed by atoms with Gasteiger partial charge in [-0.05, 0) is 57.8 Å². The molecule has 10 heteroatoms. The molecule has 0 aliphatic rings. The van der Waals surface area contributed by atoms with E-state index in [1.165, 1.54) is 57.8 Å². The highest BCUT2D eigenvalue weighted by Crippen LogP contribution is 2.43. The minimum atomic E-state index is -4.53. The fourth-order valence-electron chi connectivity index (χ4n) is 5.08. The van der Waals surface area contributed by atoms with E-state index in [0.717, 1.165) is 70.6 Å². The highest BCUT2D eigenvalue weighted by molar-refractivity contribution is 7.47. The lowest BCUT2D eigenvalue weighted by molar-refractivity contribution is -0.154. The Morgan fingerprint density at radius 2 is 1.06 bits per heavy atom. The minimum absolute atomic E-state index is 0.00714. The number of carbonyl (C=O) groups excluding carboxylic acids is 1. The highest BCUT2D eigenvalue weighted by Gasteiger charge is 2.26. The lowest BCUT2D eigenvalue weighted by Gasteiger charge is -2.20. The molecule has 3 unspecified atom stereocenters. The van der Waals surface area contributed by atoms with Crippen LogP contribution in [-0.2, 0) is 27.9 Å². The summed E-state index contributed by atoms with van der Waals surface area (Å²) in [5, 5.41) is 18.3. The fraction of sp³-hybridized carbons (Fsp3) is 0.698. The predicted molar refractivity (Wildman–Crippen MR) is 219 cm³/mol. The smallest absolute Gasteiger partial charge is 0.457 e. The van der Waals surface area contributed by atoms with Crippen LogP contribution in [0.2, 0.25) is 0 Å². The second-order valence-corrected chi connectivity index (χ2v) is 14.7. The molecule has 0 aliphatic heterocycles. The fourth-order valence-corrected chi connectivity index (χ4v) is 5.87. The van der Waals surface area contributed by atoms with Crippen LogP contribution in [0.15, 0.2) is 72.9 Å². The Morgan fingerprint density at radius 1 is 0.604 bits per heavy atom. The molecule has 0 spiro atoms. The minimum Gasteiger partial charge on any atom is -0.457 e. The summed E-state index contributed by atoms with van der Waals surface area (Å²) in [5.41, 5.74) is 0. The van der Waals surface area contributed by atoms with Crippen molar-refractivity contribution in [3.05, 3.63) is 72.9 Å². The number of rotatable bonds is 38. The largest absolute Gasteiger partial charge is 0.472 e. The summed E-state index contributed by atoms with van der Waals surface area (Å²) in [6, 6.07) is 0. The number of phosphoric ester groups is 1. The summed E-state index contributed by atoms with van der Waals surface area (Å²) < 4.78 is 33.2. The maximum absolute atomic E-state index is 12.6. The standard InChI is InChI=1S/C43H75O9P/c1-3-5-7-9-11-13-15-17-18-19-20-21-22-23-24-26-28-30-32-34-36-49-39-42(40-51-53(47,48)50-38-41(45)37-44)52-43(46)35-33-31-29-27-25-16-14-12-10-8-6-4-2/h5,7,11,13,17-18,20-21,23-24,28,30,41-42,44-45H,3-4,6,8-10,12,14-16,19,22,25-27,29,31-40H2,1-2H3,(H,47,48)/b7-5-,13-11-,18-17-,21-20-,24-23-,30-28-. The van der Waals surface area contributed by atoms with Crippen molar-refractivity contribution in [2.24, 2.45) is 0 Å². The van der Waals surface area contributed by atoms with Gasteiger partial charge in [0.1, 0.15) is 12.2 Å². The maximum Gasteiger partial charge on any atom is 0.472 e. The third kappa shape index (κ3) is 39.4. The first-order valence-electron chi connectivity index (χ1n) is 20.4. The van der Waals surface area contributed by atoms with Crippen molar-refractivity contribution in [3.8, 4) is 0 Å². The Bertz CT molecular complexity index is 1050. The molecule has 3 atom stereocenters. The first-order valence-corrected chi connectivity index (χ1v) is 21.9. The van der Waals surface area contributed by atoms with Gasteiger partial charge in [0, 0.05) is 13.0 Å². The first-order chi connectivity index (χ1) is 25.8. The second-order valence-electron chi connectivity index (χ2n) is 13.3. The summed E-state index contributed by atoms with van der Waals surface area (Å²) in [6.45, 7) is 3.22. The van der Waals surface area contributed by atoms with Gasteiger partial charge in [0.05, 0.1) is 26.4 Å². The van der Waals surface area contributed by atoms with Crippen LogP contribution in [0.5, 0.6) is 0 Å². The van der Waals surface area contributed by atoms with Gasteiger partial charge in [-0.15, -0.1) is 0 Å². The number of phosphoric acid groups is 1. The molecular formula is C43H75O9P. The molecule has 9 nitrogen and oxygen atoms in total. The Balaban J connectivity index is 4.31. The number of esters is 1. The van der Waals surface area contributed by atoms with Crippen LogP contribution in [0, 0.1) is 0 Å². The predicted octanol–water partition coefficient (Wildman–Crippen LogP) is 11.0. The van der Waals surface area contributed by atoms with Gasteiger partial charge in [-0.25, -0.2) is 4.57 Å². The average Bonchev–Trinajstić information content (AvgIpc) is 3.15. The second kappa shape index (κ2) is 39.6. The molecule has 0 aromatic carbocycles. The van der Waals surface area contributed by atoms with Gasteiger partial charge in [0.25, 0.3) is 0 Å². The molecule has 0 saturated carbocycles. The van der Waals surface area contributed by atoms with Gasteiger partial charge in [-0.1, -0.05) is 157 Å². The molecule has 0 aromatic heterocycles. The zero-order valence-corrected chi connectivity index (χ0v) is 34.1. The van der Waals surface area contributed by atoms with Gasteiger partial charge in [0.15, 0.2) is 0 Å². The van der Waals surface area contributed by atoms with Gasteiger partial charge >= 0.3 is 13.8 Å². The quantitative estimate of drug-likeness (QED) is 0.0243. The number of aliphatic hydroxyl groups excluding tert-OH is 2. The molecule has 0 rings (SSSR count). The third-order valence-corrected chi connectivity index (χ3v) is 9.11. The van der Waals surface area contributed by atoms with Crippen LogP contribution in [0.3, 0.4) is 0 Å². The lowest BCUT2D eigenvalue weighted by Crippen LogP contribution is -2.29. The van der Waals surface area contributed by atoms with Crippen LogP contribution in [0.25, 0.3) is 0 Å². The van der Waals surface area contributed by atoms with Crippen LogP contribution < -0.4 is 0 Å². The van der Waals surface area contributed by atoms with Gasteiger partial charge < -0.3 is 24.6 Å². The van der Waals surface area contributed by atoms with Crippen molar-refractivity contribution < 1.29 is 43.0 Å². The van der Waals surface area contributed by atoms with Gasteiger partial charge in [0.2, 0.25) is 0 Å². The molecule has 0 fully saturated rings. The number of hydrogen-bond donors (Lipinski definition) is 3. The van der Waals surface area contributed by atoms with Crippen LogP contribution in [0.4, 0.5) is 0 Å².